The van der Waals surface area contributed by atoms with E-state index in [-0.39, 0.29) is 11.9 Å². The van der Waals surface area contributed by atoms with Crippen LogP contribution in [0.25, 0.3) is 0 Å². The molecule has 0 radical (unpaired) electrons. The highest BCUT2D eigenvalue weighted by molar-refractivity contribution is 6.05. The molecule has 2 fully saturated rings. The highest BCUT2D eigenvalue weighted by Gasteiger charge is 2.61. The standard InChI is InChI=1S/C21H27N7O2/c1-21-17(18(29)25(2)20(30)28(21)14-22)27(12-10-15-7-4-3-5-8-15)19(24-21)26-11-6-9-16(23)13-26/h3-5,7-8,16-17H,6,9-13,23H2,1-2H3. The Morgan fingerprint density at radius 3 is 2.70 bits per heavy atom. The van der Waals surface area contributed by atoms with E-state index in [1.165, 1.54) is 7.05 Å². The summed E-state index contributed by atoms with van der Waals surface area (Å²) >= 11 is 0. The number of amides is 3. The third-order valence-electron chi connectivity index (χ3n) is 6.23. The predicted molar refractivity (Wildman–Crippen MR) is 111 cm³/mol. The smallest absolute Gasteiger partial charge is 0.341 e. The molecule has 3 aliphatic rings. The molecule has 3 heterocycles. The van der Waals surface area contributed by atoms with Gasteiger partial charge < -0.3 is 15.5 Å². The van der Waals surface area contributed by atoms with E-state index in [9.17, 15) is 14.9 Å². The Morgan fingerprint density at radius 1 is 1.30 bits per heavy atom. The van der Waals surface area contributed by atoms with Gasteiger partial charge in [-0.1, -0.05) is 30.3 Å². The summed E-state index contributed by atoms with van der Waals surface area (Å²) in [6, 6.07) is 8.65. The van der Waals surface area contributed by atoms with Gasteiger partial charge in [0, 0.05) is 32.7 Å². The number of carbonyl (C=O) groups excluding carboxylic acids is 2. The van der Waals surface area contributed by atoms with Gasteiger partial charge in [0.1, 0.15) is 0 Å². The van der Waals surface area contributed by atoms with Gasteiger partial charge in [0.05, 0.1) is 0 Å². The van der Waals surface area contributed by atoms with Crippen LogP contribution in [0.3, 0.4) is 0 Å². The van der Waals surface area contributed by atoms with Crippen molar-refractivity contribution in [2.24, 2.45) is 10.7 Å². The molecule has 3 unspecified atom stereocenters. The van der Waals surface area contributed by atoms with Crippen molar-refractivity contribution in [3.8, 4) is 6.19 Å². The molecule has 1 aromatic rings. The molecule has 158 valence electrons. The van der Waals surface area contributed by atoms with Crippen LogP contribution in [-0.2, 0) is 11.2 Å². The van der Waals surface area contributed by atoms with Crippen LogP contribution in [0.1, 0.15) is 25.3 Å². The second-order valence-electron chi connectivity index (χ2n) is 8.30. The van der Waals surface area contributed by atoms with Crippen molar-refractivity contribution in [2.75, 3.05) is 26.7 Å². The van der Waals surface area contributed by atoms with Crippen LogP contribution in [0.5, 0.6) is 0 Å². The minimum absolute atomic E-state index is 0.0277. The lowest BCUT2D eigenvalue weighted by molar-refractivity contribution is -0.138. The van der Waals surface area contributed by atoms with Gasteiger partial charge in [-0.3, -0.25) is 9.69 Å². The quantitative estimate of drug-likeness (QED) is 0.739. The number of nitrogens with zero attached hydrogens (tertiary/aromatic N) is 6. The van der Waals surface area contributed by atoms with E-state index in [0.29, 0.717) is 25.5 Å². The van der Waals surface area contributed by atoms with Crippen molar-refractivity contribution in [1.29, 1.82) is 5.26 Å². The molecule has 2 N–H and O–H groups in total. The van der Waals surface area contributed by atoms with E-state index in [0.717, 1.165) is 34.7 Å². The Hall–Kier alpha value is -3.12. The minimum Gasteiger partial charge on any atom is -0.341 e. The van der Waals surface area contributed by atoms with Crippen LogP contribution < -0.4 is 5.73 Å². The third-order valence-corrected chi connectivity index (χ3v) is 6.23. The number of carbonyl (C=O) groups is 2. The Morgan fingerprint density at radius 2 is 2.03 bits per heavy atom. The zero-order valence-electron chi connectivity index (χ0n) is 17.4. The monoisotopic (exact) mass is 409 g/mol. The third kappa shape index (κ3) is 3.17. The first-order chi connectivity index (χ1) is 14.4. The first-order valence-electron chi connectivity index (χ1n) is 10.3. The number of piperidine rings is 1. The molecule has 9 nitrogen and oxygen atoms in total. The molecule has 0 aliphatic carbocycles. The molecule has 9 heteroatoms. The normalized spacial score (nSPS) is 29.1. The summed E-state index contributed by atoms with van der Waals surface area (Å²) in [6.07, 6.45) is 4.55. The van der Waals surface area contributed by atoms with Crippen LogP contribution in [0.4, 0.5) is 4.79 Å². The predicted octanol–water partition coefficient (Wildman–Crippen LogP) is 0.784. The summed E-state index contributed by atoms with van der Waals surface area (Å²) in [7, 11) is 1.42. The van der Waals surface area contributed by atoms with Crippen molar-refractivity contribution in [3.63, 3.8) is 0 Å². The number of hydrogen-bond donors (Lipinski definition) is 1. The lowest BCUT2D eigenvalue weighted by Gasteiger charge is -2.44. The Bertz CT molecular complexity index is 912. The number of aliphatic imine (C=N–C) groups is 1. The molecule has 3 aliphatic heterocycles. The maximum Gasteiger partial charge on any atom is 0.341 e. The summed E-state index contributed by atoms with van der Waals surface area (Å²) in [6.45, 7) is 3.65. The number of nitriles is 1. The molecule has 3 amide bonds. The number of hydrogen-bond acceptors (Lipinski definition) is 7. The molecular weight excluding hydrogens is 382 g/mol. The van der Waals surface area contributed by atoms with Crippen molar-refractivity contribution < 1.29 is 9.59 Å². The number of likely N-dealkylation sites (N-methyl/N-ethyl adjacent to an activating group) is 1. The molecule has 0 saturated carbocycles. The van der Waals surface area contributed by atoms with E-state index in [2.05, 4.69) is 4.90 Å². The van der Waals surface area contributed by atoms with E-state index in [1.54, 1.807) is 6.92 Å². The van der Waals surface area contributed by atoms with Crippen molar-refractivity contribution in [2.45, 2.75) is 43.9 Å². The highest BCUT2D eigenvalue weighted by Crippen LogP contribution is 2.38. The van der Waals surface area contributed by atoms with Crippen molar-refractivity contribution in [3.05, 3.63) is 35.9 Å². The summed E-state index contributed by atoms with van der Waals surface area (Å²) in [5, 5.41) is 9.71. The number of fused-ring (bicyclic) bond motifs is 1. The summed E-state index contributed by atoms with van der Waals surface area (Å²) in [5.41, 5.74) is 6.07. The summed E-state index contributed by atoms with van der Waals surface area (Å²) in [4.78, 5) is 36.8. The second-order valence-corrected chi connectivity index (χ2v) is 8.30. The Balaban J connectivity index is 1.72. The molecule has 2 saturated heterocycles. The summed E-state index contributed by atoms with van der Waals surface area (Å²) < 4.78 is 0. The van der Waals surface area contributed by atoms with Crippen molar-refractivity contribution >= 4 is 17.9 Å². The first kappa shape index (κ1) is 20.2. The van der Waals surface area contributed by atoms with Crippen LogP contribution >= 0.6 is 0 Å². The Kier molecular flexibility index (Phi) is 5.12. The maximum absolute atomic E-state index is 13.2. The lowest BCUT2D eigenvalue weighted by atomic mass is 9.97. The first-order valence-corrected chi connectivity index (χ1v) is 10.3. The molecule has 30 heavy (non-hydrogen) atoms. The van der Waals surface area contributed by atoms with Crippen LogP contribution in [0, 0.1) is 11.5 Å². The van der Waals surface area contributed by atoms with Gasteiger partial charge in [0.2, 0.25) is 0 Å². The number of guanidine groups is 1. The van der Waals surface area contributed by atoms with E-state index in [1.807, 2.05) is 41.4 Å². The number of likely N-dealkylation sites (tertiary alicyclic amines) is 1. The molecule has 0 spiro atoms. The van der Waals surface area contributed by atoms with Crippen LogP contribution in [0.2, 0.25) is 0 Å². The van der Waals surface area contributed by atoms with Gasteiger partial charge in [-0.2, -0.15) is 5.26 Å². The van der Waals surface area contributed by atoms with Crippen LogP contribution in [0.15, 0.2) is 35.3 Å². The fraction of sp³-hybridized carbons (Fsp3) is 0.524. The largest absolute Gasteiger partial charge is 0.341 e. The fourth-order valence-electron chi connectivity index (χ4n) is 4.61. The zero-order valence-corrected chi connectivity index (χ0v) is 17.4. The lowest BCUT2D eigenvalue weighted by Crippen LogP contribution is -2.69. The number of urea groups is 1. The van der Waals surface area contributed by atoms with Gasteiger partial charge in [-0.15, -0.1) is 0 Å². The molecule has 3 atom stereocenters. The average molecular weight is 409 g/mol. The topological polar surface area (TPSA) is 109 Å². The number of imide groups is 1. The number of rotatable bonds is 3. The van der Waals surface area contributed by atoms with Gasteiger partial charge in [-0.25, -0.2) is 14.7 Å². The average Bonchev–Trinajstić information content (AvgIpc) is 3.05. The molecule has 0 bridgehead atoms. The SMILES string of the molecule is CN1C(=O)C2N(CCc3ccccc3)C(N3CCCC(N)C3)=NC2(C)N(C#N)C1=O. The van der Waals surface area contributed by atoms with E-state index >= 15 is 0 Å². The van der Waals surface area contributed by atoms with Crippen LogP contribution in [-0.4, -0.2) is 81.9 Å². The minimum atomic E-state index is -1.27. The summed E-state index contributed by atoms with van der Waals surface area (Å²) in [5.74, 6) is 0.299. The van der Waals surface area contributed by atoms with Gasteiger partial charge in [0.25, 0.3) is 5.91 Å². The fourth-order valence-corrected chi connectivity index (χ4v) is 4.61. The second kappa shape index (κ2) is 7.61. The van der Waals surface area contributed by atoms with Gasteiger partial charge in [-0.05, 0) is 31.7 Å². The maximum atomic E-state index is 13.2. The van der Waals surface area contributed by atoms with E-state index < -0.39 is 17.7 Å². The number of benzene rings is 1. The van der Waals surface area contributed by atoms with Gasteiger partial charge >= 0.3 is 6.03 Å². The van der Waals surface area contributed by atoms with E-state index in [4.69, 9.17) is 10.7 Å². The molecule has 4 rings (SSSR count). The number of nitrogens with two attached hydrogens (primary N) is 1. The Labute approximate surface area is 176 Å². The zero-order chi connectivity index (χ0) is 21.5. The van der Waals surface area contributed by atoms with Crippen molar-refractivity contribution in [1.82, 2.24) is 19.6 Å². The van der Waals surface area contributed by atoms with Gasteiger partial charge in [0.15, 0.2) is 23.9 Å². The molecule has 0 aromatic heterocycles. The molecular formula is C21H27N7O2. The highest BCUT2D eigenvalue weighted by atomic mass is 16.2. The molecule has 1 aromatic carbocycles.